The van der Waals surface area contributed by atoms with Crippen molar-refractivity contribution in [2.75, 3.05) is 31.2 Å². The van der Waals surface area contributed by atoms with Crippen molar-refractivity contribution < 1.29 is 15.0 Å². The molecule has 5 nitrogen and oxygen atoms in total. The summed E-state index contributed by atoms with van der Waals surface area (Å²) in [7, 11) is 0. The summed E-state index contributed by atoms with van der Waals surface area (Å²) in [6, 6.07) is 2.11. The van der Waals surface area contributed by atoms with Gasteiger partial charge in [-0.2, -0.15) is 0 Å². The second-order valence-corrected chi connectivity index (χ2v) is 9.16. The van der Waals surface area contributed by atoms with Crippen LogP contribution in [0.1, 0.15) is 4.88 Å². The van der Waals surface area contributed by atoms with Crippen molar-refractivity contribution in [3.63, 3.8) is 0 Å². The van der Waals surface area contributed by atoms with Crippen LogP contribution in [0.25, 0.3) is 0 Å². The lowest BCUT2D eigenvalue weighted by molar-refractivity contribution is -0.115. The van der Waals surface area contributed by atoms with E-state index >= 15 is 0 Å². The van der Waals surface area contributed by atoms with Crippen LogP contribution in [-0.4, -0.2) is 52.0 Å². The maximum absolute atomic E-state index is 11.7. The van der Waals surface area contributed by atoms with E-state index < -0.39 is 0 Å². The molecular formula is C14H16N2O3S4. The number of hydrogen-bond donors (Lipinski definition) is 3. The van der Waals surface area contributed by atoms with Crippen LogP contribution in [0, 0.1) is 0 Å². The van der Waals surface area contributed by atoms with Gasteiger partial charge in [-0.25, -0.2) is 0 Å². The van der Waals surface area contributed by atoms with Gasteiger partial charge in [-0.05, 0) is 12.5 Å². The average Bonchev–Trinajstić information content (AvgIpc) is 3.12. The van der Waals surface area contributed by atoms with Crippen molar-refractivity contribution in [1.82, 2.24) is 5.32 Å². The number of anilines is 1. The third-order valence-electron chi connectivity index (χ3n) is 3.45. The van der Waals surface area contributed by atoms with Crippen molar-refractivity contribution in [1.29, 1.82) is 0 Å². The van der Waals surface area contributed by atoms with Gasteiger partial charge in [0.05, 0.1) is 23.1 Å². The number of thiophene rings is 1. The van der Waals surface area contributed by atoms with Crippen molar-refractivity contribution in [3.05, 3.63) is 21.9 Å². The average molecular weight is 389 g/mol. The molecule has 0 aliphatic carbocycles. The number of nitrogens with zero attached hydrogens (tertiary/aromatic N) is 1. The Kier molecular flexibility index (Phi) is 5.65. The summed E-state index contributed by atoms with van der Waals surface area (Å²) >= 11 is 9.76. The number of carbonyl (C=O) groups excluding carboxylic acids is 1. The highest BCUT2D eigenvalue weighted by Crippen LogP contribution is 2.46. The zero-order chi connectivity index (χ0) is 16.4. The maximum atomic E-state index is 11.7. The highest BCUT2D eigenvalue weighted by Gasteiger charge is 2.29. The van der Waals surface area contributed by atoms with Gasteiger partial charge in [-0.3, -0.25) is 4.79 Å². The highest BCUT2D eigenvalue weighted by molar-refractivity contribution is 8.26. The van der Waals surface area contributed by atoms with Crippen molar-refractivity contribution >= 4 is 62.3 Å². The third kappa shape index (κ3) is 3.92. The maximum Gasteiger partial charge on any atom is 0.263 e. The van der Waals surface area contributed by atoms with Crippen LogP contribution in [0.2, 0.25) is 0 Å². The molecule has 23 heavy (non-hydrogen) atoms. The predicted molar refractivity (Wildman–Crippen MR) is 100 cm³/mol. The Bertz CT molecular complexity index is 629. The van der Waals surface area contributed by atoms with Gasteiger partial charge < -0.3 is 20.4 Å². The largest absolute Gasteiger partial charge is 0.395 e. The molecule has 1 aromatic heterocycles. The van der Waals surface area contributed by atoms with Gasteiger partial charge in [-0.15, -0.1) is 23.1 Å². The number of fused-ring (bicyclic) bond motifs is 1. The molecule has 124 valence electrons. The molecule has 0 radical (unpaired) electrons. The van der Waals surface area contributed by atoms with Gasteiger partial charge >= 0.3 is 0 Å². The number of carbonyl (C=O) groups is 1. The summed E-state index contributed by atoms with van der Waals surface area (Å²) in [4.78, 5) is 16.9. The smallest absolute Gasteiger partial charge is 0.263 e. The number of hydrogen-bond acceptors (Lipinski definition) is 8. The second kappa shape index (κ2) is 7.54. The Morgan fingerprint density at radius 2 is 2.13 bits per heavy atom. The van der Waals surface area contributed by atoms with Gasteiger partial charge in [0, 0.05) is 28.1 Å². The highest BCUT2D eigenvalue weighted by atomic mass is 32.2. The molecule has 3 rings (SSSR count). The lowest BCUT2D eigenvalue weighted by Crippen LogP contribution is -2.28. The molecule has 1 atom stereocenters. The SMILES string of the molecule is O=C1NC(=S)S/C1=C\C1Cc2sc(N(CCO)CCO)cc2S1. The minimum absolute atomic E-state index is 0.0661. The number of amides is 1. The first-order chi connectivity index (χ1) is 11.1. The van der Waals surface area contributed by atoms with Gasteiger partial charge in [0.15, 0.2) is 0 Å². The standard InChI is InChI=1S/C14H16N2O3S4/c17-3-1-16(2-4-18)12-7-10-9(22-12)5-8(21-10)6-11-13(19)15-14(20)23-11/h6-8,17-18H,1-5H2,(H,15,19,20)/b11-6-. The Labute approximate surface area is 152 Å². The Morgan fingerprint density at radius 1 is 1.39 bits per heavy atom. The minimum Gasteiger partial charge on any atom is -0.395 e. The summed E-state index contributed by atoms with van der Waals surface area (Å²) in [5.41, 5.74) is 0. The number of aliphatic hydroxyl groups is 2. The summed E-state index contributed by atoms with van der Waals surface area (Å²) < 4.78 is 0.518. The topological polar surface area (TPSA) is 72.8 Å². The van der Waals surface area contributed by atoms with E-state index in [2.05, 4.69) is 11.4 Å². The number of aliphatic hydroxyl groups excluding tert-OH is 2. The molecule has 3 N–H and O–H groups in total. The van der Waals surface area contributed by atoms with E-state index in [0.717, 1.165) is 11.4 Å². The monoisotopic (exact) mass is 388 g/mol. The molecule has 2 aliphatic heterocycles. The summed E-state index contributed by atoms with van der Waals surface area (Å²) in [5.74, 6) is -0.103. The van der Waals surface area contributed by atoms with E-state index in [4.69, 9.17) is 22.4 Å². The van der Waals surface area contributed by atoms with E-state index in [0.29, 0.717) is 22.3 Å². The molecule has 2 aliphatic rings. The fraction of sp³-hybridized carbons (Fsp3) is 0.429. The molecule has 1 fully saturated rings. The molecule has 9 heteroatoms. The number of thiocarbonyl (C=S) groups is 1. The van der Waals surface area contributed by atoms with E-state index in [-0.39, 0.29) is 24.4 Å². The van der Waals surface area contributed by atoms with Crippen LogP contribution in [0.4, 0.5) is 5.00 Å². The van der Waals surface area contributed by atoms with Crippen LogP contribution < -0.4 is 10.2 Å². The predicted octanol–water partition coefficient (Wildman–Crippen LogP) is 1.59. The molecule has 1 saturated heterocycles. The third-order valence-corrected chi connectivity index (χ3v) is 7.20. The Morgan fingerprint density at radius 3 is 2.70 bits per heavy atom. The first-order valence-electron chi connectivity index (χ1n) is 7.11. The van der Waals surface area contributed by atoms with E-state index in [1.807, 2.05) is 11.0 Å². The molecule has 0 spiro atoms. The van der Waals surface area contributed by atoms with Gasteiger partial charge in [0.2, 0.25) is 0 Å². The van der Waals surface area contributed by atoms with Gasteiger partial charge in [0.1, 0.15) is 4.32 Å². The number of thioether (sulfide) groups is 2. The minimum atomic E-state index is -0.103. The normalized spacial score (nSPS) is 21.8. The van der Waals surface area contributed by atoms with E-state index in [1.165, 1.54) is 21.5 Å². The van der Waals surface area contributed by atoms with Crippen molar-refractivity contribution in [3.8, 4) is 0 Å². The molecular weight excluding hydrogens is 372 g/mol. The molecule has 0 bridgehead atoms. The lowest BCUT2D eigenvalue weighted by atomic mass is 10.2. The first-order valence-corrected chi connectivity index (χ1v) is 10.0. The van der Waals surface area contributed by atoms with E-state index in [1.54, 1.807) is 23.1 Å². The van der Waals surface area contributed by atoms with Crippen LogP contribution >= 0.6 is 47.1 Å². The van der Waals surface area contributed by atoms with Crippen molar-refractivity contribution in [2.45, 2.75) is 16.6 Å². The molecule has 1 aromatic rings. The van der Waals surface area contributed by atoms with Crippen molar-refractivity contribution in [2.24, 2.45) is 0 Å². The second-order valence-electron chi connectivity index (χ2n) is 5.04. The summed E-state index contributed by atoms with van der Waals surface area (Å²) in [6.07, 6.45) is 2.89. The zero-order valence-electron chi connectivity index (χ0n) is 12.2. The van der Waals surface area contributed by atoms with Gasteiger partial charge in [-0.1, -0.05) is 30.1 Å². The lowest BCUT2D eigenvalue weighted by Gasteiger charge is -2.20. The van der Waals surface area contributed by atoms with Gasteiger partial charge in [0.25, 0.3) is 5.91 Å². The Hall–Kier alpha value is -0.580. The molecule has 1 amide bonds. The van der Waals surface area contributed by atoms with Crippen LogP contribution in [0.15, 0.2) is 21.9 Å². The Balaban J connectivity index is 1.69. The van der Waals surface area contributed by atoms with Crippen LogP contribution in [0.3, 0.4) is 0 Å². The fourth-order valence-electron chi connectivity index (χ4n) is 2.46. The van der Waals surface area contributed by atoms with Crippen LogP contribution in [-0.2, 0) is 11.2 Å². The molecule has 0 saturated carbocycles. The van der Waals surface area contributed by atoms with Crippen LogP contribution in [0.5, 0.6) is 0 Å². The quantitative estimate of drug-likeness (QED) is 0.505. The van der Waals surface area contributed by atoms with E-state index in [9.17, 15) is 4.79 Å². The first kappa shape index (κ1) is 17.2. The molecule has 0 aromatic carbocycles. The molecule has 1 unspecified atom stereocenters. The molecule has 3 heterocycles. The zero-order valence-corrected chi connectivity index (χ0v) is 15.4. The fourth-order valence-corrected chi connectivity index (χ4v) is 6.41. The number of rotatable bonds is 6. The summed E-state index contributed by atoms with van der Waals surface area (Å²) in [6.45, 7) is 1.17. The number of nitrogens with one attached hydrogen (secondary N) is 1. The summed E-state index contributed by atoms with van der Waals surface area (Å²) in [5, 5.41) is 22.2.